The first-order valence-electron chi connectivity index (χ1n) is 8.23. The largest absolute Gasteiger partial charge is 0.411 e. The molecule has 0 aliphatic carbocycles. The number of Topliss-reactive ketones (excluding diaryl/α,β-unsaturated/α-hetero) is 1. The molecule has 6 nitrogen and oxygen atoms in total. The van der Waals surface area contributed by atoms with Crippen LogP contribution >= 0.6 is 0 Å². The molecule has 1 N–H and O–H groups in total. The zero-order chi connectivity index (χ0) is 19.2. The number of hydrogen-bond donors (Lipinski definition) is 1. The van der Waals surface area contributed by atoms with Crippen LogP contribution in [0, 0.1) is 10.1 Å². The Morgan fingerprint density at radius 1 is 0.889 bits per heavy atom. The number of ketones is 1. The van der Waals surface area contributed by atoms with Crippen LogP contribution in [0.3, 0.4) is 0 Å². The van der Waals surface area contributed by atoms with Crippen molar-refractivity contribution in [2.45, 2.75) is 5.92 Å². The molecule has 134 valence electrons. The zero-order valence-corrected chi connectivity index (χ0v) is 14.2. The van der Waals surface area contributed by atoms with Gasteiger partial charge >= 0.3 is 0 Å². The number of nitro groups is 1. The van der Waals surface area contributed by atoms with E-state index in [1.165, 1.54) is 18.2 Å². The summed E-state index contributed by atoms with van der Waals surface area (Å²) in [5, 5.41) is 24.4. The van der Waals surface area contributed by atoms with E-state index in [0.717, 1.165) is 0 Å². The fourth-order valence-electron chi connectivity index (χ4n) is 2.97. The van der Waals surface area contributed by atoms with Crippen LogP contribution in [-0.4, -0.2) is 21.6 Å². The lowest BCUT2D eigenvalue weighted by Crippen LogP contribution is -2.24. The molecular formula is C21H16N2O4. The lowest BCUT2D eigenvalue weighted by atomic mass is 9.83. The van der Waals surface area contributed by atoms with E-state index in [-0.39, 0.29) is 17.0 Å². The molecule has 0 fully saturated rings. The summed E-state index contributed by atoms with van der Waals surface area (Å²) in [5.74, 6) is -1.50. The Kier molecular flexibility index (Phi) is 5.37. The van der Waals surface area contributed by atoms with Crippen molar-refractivity contribution in [2.75, 3.05) is 0 Å². The summed E-state index contributed by atoms with van der Waals surface area (Å²) in [6, 6.07) is 23.3. The number of benzene rings is 3. The van der Waals surface area contributed by atoms with E-state index >= 15 is 0 Å². The number of nitrogens with zero attached hydrogens (tertiary/aromatic N) is 2. The van der Waals surface area contributed by atoms with Crippen LogP contribution < -0.4 is 0 Å². The van der Waals surface area contributed by atoms with Crippen molar-refractivity contribution in [2.24, 2.45) is 5.16 Å². The van der Waals surface area contributed by atoms with E-state index in [2.05, 4.69) is 5.16 Å². The molecular weight excluding hydrogens is 344 g/mol. The van der Waals surface area contributed by atoms with Gasteiger partial charge in [-0.05, 0) is 11.6 Å². The van der Waals surface area contributed by atoms with Crippen molar-refractivity contribution in [1.82, 2.24) is 0 Å². The van der Waals surface area contributed by atoms with Gasteiger partial charge in [-0.3, -0.25) is 14.9 Å². The van der Waals surface area contributed by atoms with Gasteiger partial charge in [0.05, 0.1) is 16.4 Å². The molecule has 0 amide bonds. The van der Waals surface area contributed by atoms with E-state index in [0.29, 0.717) is 11.1 Å². The second kappa shape index (κ2) is 8.05. The van der Waals surface area contributed by atoms with Crippen molar-refractivity contribution in [1.29, 1.82) is 0 Å². The number of nitro benzene ring substituents is 1. The van der Waals surface area contributed by atoms with Crippen LogP contribution in [0.5, 0.6) is 0 Å². The maximum absolute atomic E-state index is 13.3. The quantitative estimate of drug-likeness (QED) is 0.231. The summed E-state index contributed by atoms with van der Waals surface area (Å²) >= 11 is 0. The average Bonchev–Trinajstić information content (AvgIpc) is 2.72. The number of hydrogen-bond acceptors (Lipinski definition) is 5. The highest BCUT2D eigenvalue weighted by molar-refractivity contribution is 6.22. The first kappa shape index (κ1) is 18.0. The number of carbonyl (C=O) groups excluding carboxylic acids is 1. The minimum Gasteiger partial charge on any atom is -0.411 e. The second-order valence-corrected chi connectivity index (χ2v) is 5.83. The molecule has 0 aliphatic rings. The number of oxime groups is 1. The molecule has 6 heteroatoms. The van der Waals surface area contributed by atoms with E-state index < -0.39 is 16.6 Å². The van der Waals surface area contributed by atoms with Gasteiger partial charge in [-0.15, -0.1) is 0 Å². The number of carbonyl (C=O) groups is 1. The molecule has 0 heterocycles. The van der Waals surface area contributed by atoms with Crippen molar-refractivity contribution in [3.05, 3.63) is 112 Å². The summed E-state index contributed by atoms with van der Waals surface area (Å²) in [6.45, 7) is 0. The smallest absolute Gasteiger partial charge is 0.280 e. The maximum Gasteiger partial charge on any atom is 0.280 e. The van der Waals surface area contributed by atoms with Gasteiger partial charge in [-0.1, -0.05) is 78.0 Å². The lowest BCUT2D eigenvalue weighted by Gasteiger charge is -2.18. The van der Waals surface area contributed by atoms with Gasteiger partial charge < -0.3 is 5.21 Å². The Labute approximate surface area is 155 Å². The number of para-hydroxylation sites is 1. The lowest BCUT2D eigenvalue weighted by molar-refractivity contribution is -0.385. The molecule has 0 aromatic heterocycles. The molecule has 3 rings (SSSR count). The van der Waals surface area contributed by atoms with Gasteiger partial charge in [0.15, 0.2) is 5.78 Å². The third-order valence-corrected chi connectivity index (χ3v) is 4.21. The Balaban J connectivity index is 2.17. The Bertz CT molecular complexity index is 985. The minimum absolute atomic E-state index is 0.0339. The Morgan fingerprint density at radius 3 is 2.04 bits per heavy atom. The van der Waals surface area contributed by atoms with Crippen molar-refractivity contribution in [3.8, 4) is 0 Å². The first-order valence-corrected chi connectivity index (χ1v) is 8.23. The predicted molar refractivity (Wildman–Crippen MR) is 101 cm³/mol. The highest BCUT2D eigenvalue weighted by Crippen LogP contribution is 2.30. The van der Waals surface area contributed by atoms with E-state index in [1.807, 2.05) is 0 Å². The summed E-state index contributed by atoms with van der Waals surface area (Å²) in [4.78, 5) is 24.1. The third kappa shape index (κ3) is 3.74. The molecule has 27 heavy (non-hydrogen) atoms. The zero-order valence-electron chi connectivity index (χ0n) is 14.2. The van der Waals surface area contributed by atoms with E-state index in [9.17, 15) is 20.1 Å². The molecule has 3 aromatic rings. The standard InChI is InChI=1S/C21H16N2O4/c24-21(17-13-7-8-14-18(17)23(26)27)19(15-9-3-1-4-10-15)20(22-25)16-11-5-2-6-12-16/h1-14,19,25H/t19-/m1/s1. The highest BCUT2D eigenvalue weighted by atomic mass is 16.6. The van der Waals surface area contributed by atoms with Crippen molar-refractivity contribution in [3.63, 3.8) is 0 Å². The van der Waals surface area contributed by atoms with Gasteiger partial charge in [0.1, 0.15) is 5.71 Å². The van der Waals surface area contributed by atoms with Crippen LogP contribution in [0.1, 0.15) is 27.4 Å². The molecule has 0 saturated carbocycles. The molecule has 0 aliphatic heterocycles. The maximum atomic E-state index is 13.3. The minimum atomic E-state index is -0.986. The Hall–Kier alpha value is -3.80. The average molecular weight is 360 g/mol. The van der Waals surface area contributed by atoms with Crippen LogP contribution in [0.15, 0.2) is 90.1 Å². The fourth-order valence-corrected chi connectivity index (χ4v) is 2.97. The molecule has 0 unspecified atom stereocenters. The van der Waals surface area contributed by atoms with Gasteiger partial charge in [0.25, 0.3) is 5.69 Å². The summed E-state index contributed by atoms with van der Waals surface area (Å²) in [5.41, 5.74) is 0.949. The van der Waals surface area contributed by atoms with Gasteiger partial charge in [-0.2, -0.15) is 0 Å². The molecule has 0 bridgehead atoms. The van der Waals surface area contributed by atoms with Crippen molar-refractivity contribution >= 4 is 17.2 Å². The van der Waals surface area contributed by atoms with Crippen LogP contribution in [0.2, 0.25) is 0 Å². The molecule has 1 atom stereocenters. The topological polar surface area (TPSA) is 92.8 Å². The first-order chi connectivity index (χ1) is 13.1. The summed E-state index contributed by atoms with van der Waals surface area (Å²) < 4.78 is 0. The van der Waals surface area contributed by atoms with E-state index in [4.69, 9.17) is 0 Å². The SMILES string of the molecule is O=C(c1ccccc1[N+](=O)[O-])[C@@H](C(=NO)c1ccccc1)c1ccccc1. The normalized spacial score (nSPS) is 12.4. The predicted octanol–water partition coefficient (Wildman–Crippen LogP) is 4.44. The van der Waals surface area contributed by atoms with Gasteiger partial charge in [0, 0.05) is 11.6 Å². The number of rotatable bonds is 6. The second-order valence-electron chi connectivity index (χ2n) is 5.83. The van der Waals surface area contributed by atoms with Gasteiger partial charge in [-0.25, -0.2) is 0 Å². The van der Waals surface area contributed by atoms with E-state index in [1.54, 1.807) is 66.7 Å². The van der Waals surface area contributed by atoms with Crippen LogP contribution in [-0.2, 0) is 0 Å². The van der Waals surface area contributed by atoms with Gasteiger partial charge in [0.2, 0.25) is 0 Å². The third-order valence-electron chi connectivity index (χ3n) is 4.21. The summed E-state index contributed by atoms with van der Waals surface area (Å²) in [7, 11) is 0. The monoisotopic (exact) mass is 360 g/mol. The Morgan fingerprint density at radius 2 is 1.44 bits per heavy atom. The molecule has 0 radical (unpaired) electrons. The molecule has 0 saturated heterocycles. The molecule has 0 spiro atoms. The fraction of sp³-hybridized carbons (Fsp3) is 0.0476. The molecule has 3 aromatic carbocycles. The summed E-state index contributed by atoms with van der Waals surface area (Å²) in [6.07, 6.45) is 0. The van der Waals surface area contributed by atoms with Crippen LogP contribution in [0.4, 0.5) is 5.69 Å². The van der Waals surface area contributed by atoms with Crippen LogP contribution in [0.25, 0.3) is 0 Å². The van der Waals surface area contributed by atoms with Crippen molar-refractivity contribution < 1.29 is 14.9 Å². The highest BCUT2D eigenvalue weighted by Gasteiger charge is 2.32.